The number of benzene rings is 9. The lowest BCUT2D eigenvalue weighted by Crippen LogP contribution is -2.23. The summed E-state index contributed by atoms with van der Waals surface area (Å²) in [5.74, 6) is 0.697. The van der Waals surface area contributed by atoms with Crippen LogP contribution in [0.15, 0.2) is 224 Å². The number of nitrogens with zero attached hydrogens (tertiary/aromatic N) is 2. The fourth-order valence-corrected chi connectivity index (χ4v) is 11.2. The van der Waals surface area contributed by atoms with Crippen molar-refractivity contribution >= 4 is 31.5 Å². The normalized spacial score (nSPS) is 14.2. The minimum absolute atomic E-state index is 0.401. The second-order valence-electron chi connectivity index (χ2n) is 16.6. The van der Waals surface area contributed by atoms with Gasteiger partial charge in [-0.3, -0.25) is 0 Å². The summed E-state index contributed by atoms with van der Waals surface area (Å²) in [6.07, 6.45) is 0. The average Bonchev–Trinajstić information content (AvgIpc) is 3.88. The van der Waals surface area contributed by atoms with E-state index in [-0.39, 0.29) is 0 Å². The van der Waals surface area contributed by atoms with Crippen molar-refractivity contribution in [2.24, 2.45) is 0 Å². The van der Waals surface area contributed by atoms with Crippen LogP contribution in [0.3, 0.4) is 0 Å². The molecular formula is C60H40N2S. The molecule has 0 aliphatic heterocycles. The van der Waals surface area contributed by atoms with Gasteiger partial charge in [-0.1, -0.05) is 188 Å². The van der Waals surface area contributed by atoms with Gasteiger partial charge in [0.2, 0.25) is 0 Å². The molecule has 0 spiro atoms. The van der Waals surface area contributed by atoms with Crippen molar-refractivity contribution in [2.45, 2.75) is 12.3 Å². The Balaban J connectivity index is 1.11. The summed E-state index contributed by atoms with van der Waals surface area (Å²) in [5, 5.41) is 2.57. The summed E-state index contributed by atoms with van der Waals surface area (Å²) in [5.41, 5.74) is 17.9. The van der Waals surface area contributed by atoms with Crippen LogP contribution in [-0.2, 0) is 5.41 Å². The minimum atomic E-state index is -0.401. The molecule has 9 aromatic carbocycles. The quantitative estimate of drug-likeness (QED) is 0.160. The van der Waals surface area contributed by atoms with E-state index in [2.05, 4.69) is 231 Å². The molecule has 1 unspecified atom stereocenters. The second kappa shape index (κ2) is 15.0. The molecule has 296 valence electrons. The van der Waals surface area contributed by atoms with E-state index in [1.807, 2.05) is 11.3 Å². The Kier molecular flexibility index (Phi) is 8.84. The van der Waals surface area contributed by atoms with Gasteiger partial charge in [0.25, 0.3) is 0 Å². The van der Waals surface area contributed by atoms with Crippen LogP contribution in [0.1, 0.15) is 23.6 Å². The van der Waals surface area contributed by atoms with Gasteiger partial charge in [-0.05, 0) is 105 Å². The van der Waals surface area contributed by atoms with Crippen LogP contribution in [0.4, 0.5) is 0 Å². The fraction of sp³-hybridized carbons (Fsp3) is 0.0333. The van der Waals surface area contributed by atoms with Gasteiger partial charge in [0, 0.05) is 42.3 Å². The molecular weight excluding hydrogens is 781 g/mol. The predicted octanol–water partition coefficient (Wildman–Crippen LogP) is 16.2. The Bertz CT molecular complexity index is 3520. The second-order valence-corrected chi connectivity index (χ2v) is 17.7. The van der Waals surface area contributed by atoms with Gasteiger partial charge in [0.15, 0.2) is 5.82 Å². The summed E-state index contributed by atoms with van der Waals surface area (Å²) in [7, 11) is 0. The van der Waals surface area contributed by atoms with Crippen molar-refractivity contribution in [2.75, 3.05) is 0 Å². The Morgan fingerprint density at radius 2 is 0.905 bits per heavy atom. The summed E-state index contributed by atoms with van der Waals surface area (Å²) < 4.78 is 2.58. The number of thiophene rings is 1. The Labute approximate surface area is 371 Å². The molecule has 1 atom stereocenters. The highest BCUT2D eigenvalue weighted by atomic mass is 32.1. The number of aromatic nitrogens is 2. The molecule has 11 aromatic rings. The van der Waals surface area contributed by atoms with E-state index < -0.39 is 5.41 Å². The van der Waals surface area contributed by atoms with Crippen LogP contribution >= 0.6 is 11.3 Å². The molecule has 0 saturated carbocycles. The van der Waals surface area contributed by atoms with Crippen molar-refractivity contribution in [1.29, 1.82) is 0 Å². The largest absolute Gasteiger partial charge is 0.228 e. The summed E-state index contributed by atoms with van der Waals surface area (Å²) in [4.78, 5) is 10.9. The Hall–Kier alpha value is -7.72. The van der Waals surface area contributed by atoms with Crippen molar-refractivity contribution in [3.05, 3.63) is 241 Å². The predicted molar refractivity (Wildman–Crippen MR) is 265 cm³/mol. The van der Waals surface area contributed by atoms with Crippen LogP contribution in [-0.4, -0.2) is 9.97 Å². The maximum absolute atomic E-state index is 5.46. The van der Waals surface area contributed by atoms with Crippen LogP contribution in [0, 0.1) is 0 Å². The first-order valence-corrected chi connectivity index (χ1v) is 22.4. The summed E-state index contributed by atoms with van der Waals surface area (Å²) in [6.45, 7) is 2.38. The Morgan fingerprint density at radius 1 is 0.365 bits per heavy atom. The van der Waals surface area contributed by atoms with E-state index >= 15 is 0 Å². The van der Waals surface area contributed by atoms with Crippen molar-refractivity contribution < 1.29 is 0 Å². The highest BCUT2D eigenvalue weighted by molar-refractivity contribution is 7.26. The molecule has 0 fully saturated rings. The van der Waals surface area contributed by atoms with E-state index in [1.54, 1.807) is 0 Å². The van der Waals surface area contributed by atoms with Gasteiger partial charge >= 0.3 is 0 Å². The number of hydrogen-bond acceptors (Lipinski definition) is 3. The zero-order valence-electron chi connectivity index (χ0n) is 34.7. The standard InChI is InChI=1S/C60H40N2S/c1-60(46-24-9-4-10-25-46)53-32-13-11-26-48(53)50-29-17-31-52(57(50)60)55-38-54(61-59(62-55)40-20-7-3-8-21-40)45-36-43(42-23-15-22-41(34-42)39-18-5-2-6-19-39)35-44(37-45)47-28-16-30-51-49-27-12-14-33-56(49)63-58(47)51/h2-38H,1H3. The van der Waals surface area contributed by atoms with Crippen molar-refractivity contribution in [3.63, 3.8) is 0 Å². The number of fused-ring (bicyclic) bond motifs is 6. The first-order valence-electron chi connectivity index (χ1n) is 21.6. The molecule has 0 amide bonds. The van der Waals surface area contributed by atoms with E-state index in [9.17, 15) is 0 Å². The minimum Gasteiger partial charge on any atom is -0.228 e. The highest BCUT2D eigenvalue weighted by Gasteiger charge is 2.42. The highest BCUT2D eigenvalue weighted by Crippen LogP contribution is 2.55. The topological polar surface area (TPSA) is 25.8 Å². The van der Waals surface area contributed by atoms with Crippen LogP contribution < -0.4 is 0 Å². The van der Waals surface area contributed by atoms with Crippen LogP contribution in [0.25, 0.3) is 98.6 Å². The third kappa shape index (κ3) is 6.23. The third-order valence-electron chi connectivity index (χ3n) is 13.0. The lowest BCUT2D eigenvalue weighted by molar-refractivity contribution is 0.715. The Morgan fingerprint density at radius 3 is 1.73 bits per heavy atom. The zero-order chi connectivity index (χ0) is 41.9. The molecule has 0 saturated heterocycles. The molecule has 3 heteroatoms. The molecule has 63 heavy (non-hydrogen) atoms. The van der Waals surface area contributed by atoms with Gasteiger partial charge in [-0.15, -0.1) is 11.3 Å². The van der Waals surface area contributed by atoms with Crippen molar-refractivity contribution in [3.8, 4) is 78.4 Å². The molecule has 2 nitrogen and oxygen atoms in total. The molecule has 2 heterocycles. The van der Waals surface area contributed by atoms with E-state index in [0.29, 0.717) is 5.82 Å². The molecule has 0 bridgehead atoms. The number of hydrogen-bond donors (Lipinski definition) is 0. The maximum Gasteiger partial charge on any atom is 0.160 e. The first-order chi connectivity index (χ1) is 31.1. The van der Waals surface area contributed by atoms with Gasteiger partial charge in [0.1, 0.15) is 0 Å². The summed E-state index contributed by atoms with van der Waals surface area (Å²) >= 11 is 1.86. The van der Waals surface area contributed by atoms with Gasteiger partial charge in [0.05, 0.1) is 11.4 Å². The fourth-order valence-electron chi connectivity index (χ4n) is 9.92. The molecule has 2 aromatic heterocycles. The number of rotatable bonds is 7. The van der Waals surface area contributed by atoms with Gasteiger partial charge in [-0.25, -0.2) is 9.97 Å². The molecule has 1 aliphatic carbocycles. The third-order valence-corrected chi connectivity index (χ3v) is 14.2. The monoisotopic (exact) mass is 820 g/mol. The van der Waals surface area contributed by atoms with Gasteiger partial charge in [-0.2, -0.15) is 0 Å². The lowest BCUT2D eigenvalue weighted by Gasteiger charge is -2.30. The molecule has 0 radical (unpaired) electrons. The zero-order valence-corrected chi connectivity index (χ0v) is 35.5. The molecule has 1 aliphatic rings. The molecule has 0 N–H and O–H groups in total. The SMILES string of the molecule is CC1(c2ccccc2)c2ccccc2-c2cccc(-c3cc(-c4cc(-c5cccc(-c6ccccc6)c5)cc(-c5cccc6c5sc5ccccc56)c4)nc(-c4ccccc4)n3)c21. The van der Waals surface area contributed by atoms with E-state index in [4.69, 9.17) is 9.97 Å². The van der Waals surface area contributed by atoms with E-state index in [0.717, 1.165) is 44.8 Å². The summed E-state index contributed by atoms with van der Waals surface area (Å²) in [6, 6.07) is 81.2. The average molecular weight is 821 g/mol. The van der Waals surface area contributed by atoms with E-state index in [1.165, 1.54) is 64.7 Å². The lowest BCUT2D eigenvalue weighted by atomic mass is 9.72. The smallest absolute Gasteiger partial charge is 0.160 e. The van der Waals surface area contributed by atoms with Crippen molar-refractivity contribution in [1.82, 2.24) is 9.97 Å². The van der Waals surface area contributed by atoms with Crippen LogP contribution in [0.2, 0.25) is 0 Å². The van der Waals surface area contributed by atoms with Crippen LogP contribution in [0.5, 0.6) is 0 Å². The first kappa shape index (κ1) is 37.1. The van der Waals surface area contributed by atoms with Gasteiger partial charge < -0.3 is 0 Å². The maximum atomic E-state index is 5.46. The molecule has 12 rings (SSSR count).